The van der Waals surface area contributed by atoms with Crippen molar-refractivity contribution in [3.05, 3.63) is 50.4 Å². The smallest absolute Gasteiger partial charge is 0.130 e. The Morgan fingerprint density at radius 3 is 2.85 bits per heavy atom. The molecule has 0 aliphatic rings. The topological polar surface area (TPSA) is 47.3 Å². The molecule has 20 heavy (non-hydrogen) atoms. The van der Waals surface area contributed by atoms with E-state index < -0.39 is 11.9 Å². The zero-order valence-electron chi connectivity index (χ0n) is 10.7. The number of halogens is 3. The maximum atomic E-state index is 13.9. The van der Waals surface area contributed by atoms with Gasteiger partial charge in [-0.25, -0.2) is 4.39 Å². The SMILES string of the molecule is COCCn1ncc(Br)c1C(O)c1ccc(Br)cc1F. The van der Waals surface area contributed by atoms with E-state index in [-0.39, 0.29) is 5.56 Å². The number of hydrogen-bond acceptors (Lipinski definition) is 3. The van der Waals surface area contributed by atoms with E-state index in [1.807, 2.05) is 0 Å². The van der Waals surface area contributed by atoms with Crippen LogP contribution in [0.15, 0.2) is 33.3 Å². The van der Waals surface area contributed by atoms with Gasteiger partial charge >= 0.3 is 0 Å². The third-order valence-corrected chi connectivity index (χ3v) is 3.96. The lowest BCUT2D eigenvalue weighted by Gasteiger charge is -2.15. The predicted molar refractivity (Wildman–Crippen MR) is 80.0 cm³/mol. The summed E-state index contributed by atoms with van der Waals surface area (Å²) in [4.78, 5) is 0. The summed E-state index contributed by atoms with van der Waals surface area (Å²) in [5.41, 5.74) is 0.705. The molecule has 0 amide bonds. The molecule has 1 atom stereocenters. The van der Waals surface area contributed by atoms with E-state index in [1.54, 1.807) is 30.1 Å². The molecular formula is C13H13Br2FN2O2. The summed E-state index contributed by atoms with van der Waals surface area (Å²) in [5.74, 6) is -0.474. The maximum absolute atomic E-state index is 13.9. The second-order valence-corrected chi connectivity index (χ2v) is 5.93. The molecule has 1 aromatic heterocycles. The summed E-state index contributed by atoms with van der Waals surface area (Å²) in [6.07, 6.45) is 0.474. The van der Waals surface area contributed by atoms with Crippen LogP contribution in [0.5, 0.6) is 0 Å². The number of methoxy groups -OCH3 is 1. The van der Waals surface area contributed by atoms with E-state index in [0.717, 1.165) is 0 Å². The number of aliphatic hydroxyl groups excluding tert-OH is 1. The molecule has 0 saturated carbocycles. The molecule has 1 unspecified atom stereocenters. The fourth-order valence-electron chi connectivity index (χ4n) is 1.87. The van der Waals surface area contributed by atoms with E-state index in [0.29, 0.717) is 27.8 Å². The van der Waals surface area contributed by atoms with Crippen LogP contribution in [0.3, 0.4) is 0 Å². The number of benzene rings is 1. The molecule has 1 N–H and O–H groups in total. The Kier molecular flexibility index (Phi) is 5.31. The van der Waals surface area contributed by atoms with Gasteiger partial charge in [-0.15, -0.1) is 0 Å². The van der Waals surface area contributed by atoms with Crippen molar-refractivity contribution in [1.29, 1.82) is 0 Å². The van der Waals surface area contributed by atoms with E-state index in [4.69, 9.17) is 4.74 Å². The summed E-state index contributed by atoms with van der Waals surface area (Å²) < 4.78 is 21.8. The summed E-state index contributed by atoms with van der Waals surface area (Å²) in [6.45, 7) is 0.934. The largest absolute Gasteiger partial charge is 0.383 e. The summed E-state index contributed by atoms with van der Waals surface area (Å²) in [5, 5.41) is 14.6. The van der Waals surface area contributed by atoms with Crippen molar-refractivity contribution >= 4 is 31.9 Å². The molecule has 2 rings (SSSR count). The van der Waals surface area contributed by atoms with Crippen molar-refractivity contribution in [2.75, 3.05) is 13.7 Å². The predicted octanol–water partition coefficient (Wildman–Crippen LogP) is 3.28. The van der Waals surface area contributed by atoms with Crippen LogP contribution in [0.2, 0.25) is 0 Å². The Bertz CT molecular complexity index is 604. The average Bonchev–Trinajstić information content (AvgIpc) is 2.77. The van der Waals surface area contributed by atoms with Gasteiger partial charge in [-0.3, -0.25) is 4.68 Å². The van der Waals surface area contributed by atoms with Gasteiger partial charge in [0.2, 0.25) is 0 Å². The molecule has 1 heterocycles. The van der Waals surface area contributed by atoms with Gasteiger partial charge in [-0.1, -0.05) is 22.0 Å². The van der Waals surface area contributed by atoms with Crippen molar-refractivity contribution in [3.8, 4) is 0 Å². The lowest BCUT2D eigenvalue weighted by molar-refractivity contribution is 0.169. The standard InChI is InChI=1S/C13H13Br2FN2O2/c1-20-5-4-18-12(10(15)7-17-18)13(19)9-3-2-8(14)6-11(9)16/h2-3,6-7,13,19H,4-5H2,1H3. The first-order valence-corrected chi connectivity index (χ1v) is 7.46. The number of ether oxygens (including phenoxy) is 1. The Balaban J connectivity index is 2.37. The fraction of sp³-hybridized carbons (Fsp3) is 0.308. The normalized spacial score (nSPS) is 12.7. The number of hydrogen-bond donors (Lipinski definition) is 1. The Morgan fingerprint density at radius 2 is 2.20 bits per heavy atom. The van der Waals surface area contributed by atoms with Gasteiger partial charge in [-0.05, 0) is 28.1 Å². The van der Waals surface area contributed by atoms with Crippen LogP contribution in [0.1, 0.15) is 17.4 Å². The van der Waals surface area contributed by atoms with E-state index >= 15 is 0 Å². The summed E-state index contributed by atoms with van der Waals surface area (Å²) >= 11 is 6.52. The van der Waals surface area contributed by atoms with Crippen molar-refractivity contribution in [3.63, 3.8) is 0 Å². The fourth-order valence-corrected chi connectivity index (χ4v) is 2.72. The van der Waals surface area contributed by atoms with Crippen LogP contribution in [-0.2, 0) is 11.3 Å². The highest BCUT2D eigenvalue weighted by Crippen LogP contribution is 2.31. The van der Waals surface area contributed by atoms with Crippen LogP contribution < -0.4 is 0 Å². The molecule has 0 bridgehead atoms. The summed E-state index contributed by atoms with van der Waals surface area (Å²) in [6, 6.07) is 4.55. The highest BCUT2D eigenvalue weighted by atomic mass is 79.9. The molecule has 0 aliphatic heterocycles. The molecule has 0 saturated heterocycles. The quantitative estimate of drug-likeness (QED) is 0.827. The first kappa shape index (κ1) is 15.6. The molecule has 0 radical (unpaired) electrons. The maximum Gasteiger partial charge on any atom is 0.130 e. The van der Waals surface area contributed by atoms with E-state index in [2.05, 4.69) is 37.0 Å². The molecule has 4 nitrogen and oxygen atoms in total. The Morgan fingerprint density at radius 1 is 1.45 bits per heavy atom. The summed E-state index contributed by atoms with van der Waals surface area (Å²) in [7, 11) is 1.59. The van der Waals surface area contributed by atoms with Gasteiger partial charge in [0.25, 0.3) is 0 Å². The van der Waals surface area contributed by atoms with Crippen LogP contribution >= 0.6 is 31.9 Å². The monoisotopic (exact) mass is 406 g/mol. The highest BCUT2D eigenvalue weighted by Gasteiger charge is 2.22. The lowest BCUT2D eigenvalue weighted by Crippen LogP contribution is -2.14. The molecule has 0 aliphatic carbocycles. The Labute approximate surface area is 132 Å². The second kappa shape index (κ2) is 6.80. The van der Waals surface area contributed by atoms with E-state index in [9.17, 15) is 9.50 Å². The lowest BCUT2D eigenvalue weighted by atomic mass is 10.1. The van der Waals surface area contributed by atoms with Crippen LogP contribution in [0.4, 0.5) is 4.39 Å². The minimum Gasteiger partial charge on any atom is -0.383 e. The van der Waals surface area contributed by atoms with Gasteiger partial charge in [0.05, 0.1) is 29.5 Å². The van der Waals surface area contributed by atoms with Crippen LogP contribution in [0, 0.1) is 5.82 Å². The minimum atomic E-state index is -1.10. The highest BCUT2D eigenvalue weighted by molar-refractivity contribution is 9.10. The molecule has 1 aromatic carbocycles. The number of aliphatic hydroxyl groups is 1. The number of aromatic nitrogens is 2. The first-order chi connectivity index (χ1) is 9.54. The van der Waals surface area contributed by atoms with Crippen molar-refractivity contribution in [2.24, 2.45) is 0 Å². The third-order valence-electron chi connectivity index (χ3n) is 2.86. The first-order valence-electron chi connectivity index (χ1n) is 5.87. The molecule has 0 spiro atoms. The van der Waals surface area contributed by atoms with E-state index in [1.165, 1.54) is 6.07 Å². The number of nitrogens with zero attached hydrogens (tertiary/aromatic N) is 2. The van der Waals surface area contributed by atoms with Gasteiger partial charge in [-0.2, -0.15) is 5.10 Å². The van der Waals surface area contributed by atoms with Crippen molar-refractivity contribution < 1.29 is 14.2 Å². The zero-order valence-corrected chi connectivity index (χ0v) is 13.9. The molecule has 108 valence electrons. The van der Waals surface area contributed by atoms with Gasteiger partial charge in [0, 0.05) is 17.1 Å². The Hall–Kier alpha value is -0.760. The van der Waals surface area contributed by atoms with Crippen LogP contribution in [0.25, 0.3) is 0 Å². The number of rotatable bonds is 5. The van der Waals surface area contributed by atoms with Crippen LogP contribution in [-0.4, -0.2) is 28.6 Å². The molecular weight excluding hydrogens is 395 g/mol. The molecule has 2 aromatic rings. The van der Waals surface area contributed by atoms with Gasteiger partial charge in [0.1, 0.15) is 11.9 Å². The zero-order chi connectivity index (χ0) is 14.7. The van der Waals surface area contributed by atoms with Crippen molar-refractivity contribution in [1.82, 2.24) is 9.78 Å². The minimum absolute atomic E-state index is 0.202. The second-order valence-electron chi connectivity index (χ2n) is 4.16. The average molecular weight is 408 g/mol. The van der Waals surface area contributed by atoms with Gasteiger partial charge in [0.15, 0.2) is 0 Å². The van der Waals surface area contributed by atoms with Gasteiger partial charge < -0.3 is 9.84 Å². The molecule has 7 heteroatoms. The third kappa shape index (κ3) is 3.28. The molecule has 0 fully saturated rings. The van der Waals surface area contributed by atoms with Crippen molar-refractivity contribution in [2.45, 2.75) is 12.6 Å².